The van der Waals surface area contributed by atoms with Crippen molar-refractivity contribution in [1.82, 2.24) is 4.90 Å². The second-order valence-electron chi connectivity index (χ2n) is 5.16. The number of aliphatic carboxylic acids is 1. The molecule has 1 aliphatic rings. The maximum absolute atomic E-state index is 12.5. The molecule has 1 amide bonds. The van der Waals surface area contributed by atoms with Crippen LogP contribution in [0.25, 0.3) is 0 Å². The highest BCUT2D eigenvalue weighted by Crippen LogP contribution is 2.25. The third-order valence-corrected chi connectivity index (χ3v) is 4.51. The van der Waals surface area contributed by atoms with Gasteiger partial charge in [-0.1, -0.05) is 34.1 Å². The lowest BCUT2D eigenvalue weighted by Gasteiger charge is -2.23. The highest BCUT2D eigenvalue weighted by molar-refractivity contribution is 9.10. The lowest BCUT2D eigenvalue weighted by atomic mass is 10.1. The number of methoxy groups -OCH3 is 1. The Morgan fingerprint density at radius 1 is 1.43 bits per heavy atom. The Hall–Kier alpha value is -1.40. The van der Waals surface area contributed by atoms with Crippen LogP contribution < -0.4 is 0 Å². The van der Waals surface area contributed by atoms with Crippen LogP contribution in [-0.2, 0) is 20.7 Å². The van der Waals surface area contributed by atoms with E-state index in [0.717, 1.165) is 10.0 Å². The monoisotopic (exact) mass is 355 g/mol. The van der Waals surface area contributed by atoms with Gasteiger partial charge in [0.1, 0.15) is 0 Å². The average molecular weight is 356 g/mol. The van der Waals surface area contributed by atoms with Crippen molar-refractivity contribution < 1.29 is 19.4 Å². The van der Waals surface area contributed by atoms with Gasteiger partial charge in [-0.3, -0.25) is 9.59 Å². The third-order valence-electron chi connectivity index (χ3n) is 3.74. The number of halogens is 1. The number of carbonyl (C=O) groups is 2. The number of carbonyl (C=O) groups excluding carboxylic acids is 1. The van der Waals surface area contributed by atoms with Gasteiger partial charge in [-0.05, 0) is 18.1 Å². The summed E-state index contributed by atoms with van der Waals surface area (Å²) in [5.41, 5.74) is 0.900. The van der Waals surface area contributed by atoms with Gasteiger partial charge in [0.2, 0.25) is 5.91 Å². The summed E-state index contributed by atoms with van der Waals surface area (Å²) >= 11 is 3.42. The van der Waals surface area contributed by atoms with E-state index in [4.69, 9.17) is 9.84 Å². The first-order valence-electron chi connectivity index (χ1n) is 6.78. The summed E-state index contributed by atoms with van der Waals surface area (Å²) < 4.78 is 6.17. The molecular formula is C15H18BrNO4. The molecule has 6 heteroatoms. The van der Waals surface area contributed by atoms with Crippen LogP contribution >= 0.6 is 15.9 Å². The summed E-state index contributed by atoms with van der Waals surface area (Å²) in [4.78, 5) is 25.1. The number of carboxylic acid groups (broad SMARTS) is 1. The summed E-state index contributed by atoms with van der Waals surface area (Å²) in [7, 11) is 1.59. The van der Waals surface area contributed by atoms with E-state index >= 15 is 0 Å². The Bertz CT molecular complexity index is 534. The predicted octanol–water partition coefficient (Wildman–Crippen LogP) is 2.08. The van der Waals surface area contributed by atoms with E-state index in [2.05, 4.69) is 15.9 Å². The fraction of sp³-hybridized carbons (Fsp3) is 0.467. The summed E-state index contributed by atoms with van der Waals surface area (Å²) in [5.74, 6) is -0.955. The molecule has 0 bridgehead atoms. The molecule has 21 heavy (non-hydrogen) atoms. The van der Waals surface area contributed by atoms with Crippen molar-refractivity contribution in [2.24, 2.45) is 0 Å². The van der Waals surface area contributed by atoms with Gasteiger partial charge in [0.25, 0.3) is 0 Å². The topological polar surface area (TPSA) is 66.8 Å². The molecule has 0 radical (unpaired) electrons. The van der Waals surface area contributed by atoms with Crippen LogP contribution in [-0.4, -0.2) is 47.7 Å². The molecule has 5 nitrogen and oxygen atoms in total. The van der Waals surface area contributed by atoms with E-state index in [9.17, 15) is 9.59 Å². The standard InChI is InChI=1S/C15H18BrNO4/c1-21-12-7-11(8-15(19)20)17(9-12)14(18)6-10-4-2-3-5-13(10)16/h2-5,11-12H,6-9H2,1H3,(H,19,20). The highest BCUT2D eigenvalue weighted by Gasteiger charge is 2.36. The molecule has 2 atom stereocenters. The number of amides is 1. The van der Waals surface area contributed by atoms with Gasteiger partial charge in [0.15, 0.2) is 0 Å². The number of ether oxygens (including phenoxy) is 1. The van der Waals surface area contributed by atoms with Crippen molar-refractivity contribution in [3.63, 3.8) is 0 Å². The lowest BCUT2D eigenvalue weighted by Crippen LogP contribution is -2.38. The summed E-state index contributed by atoms with van der Waals surface area (Å²) in [6, 6.07) is 7.26. The second-order valence-corrected chi connectivity index (χ2v) is 6.01. The van der Waals surface area contributed by atoms with Gasteiger partial charge in [0, 0.05) is 24.2 Å². The number of rotatable bonds is 5. The second kappa shape index (κ2) is 7.04. The molecule has 1 heterocycles. The zero-order valence-corrected chi connectivity index (χ0v) is 13.4. The van der Waals surface area contributed by atoms with Gasteiger partial charge in [-0.2, -0.15) is 0 Å². The van der Waals surface area contributed by atoms with Gasteiger partial charge < -0.3 is 14.7 Å². The average Bonchev–Trinajstić information content (AvgIpc) is 2.83. The van der Waals surface area contributed by atoms with Gasteiger partial charge in [-0.15, -0.1) is 0 Å². The fourth-order valence-corrected chi connectivity index (χ4v) is 3.08. The van der Waals surface area contributed by atoms with Crippen molar-refractivity contribution in [1.29, 1.82) is 0 Å². The molecule has 0 aromatic heterocycles. The Morgan fingerprint density at radius 2 is 2.14 bits per heavy atom. The SMILES string of the molecule is COC1CC(CC(=O)O)N(C(=O)Cc2ccccc2Br)C1. The molecule has 1 N–H and O–H groups in total. The quantitative estimate of drug-likeness (QED) is 0.877. The van der Waals surface area contributed by atoms with Crippen molar-refractivity contribution in [3.8, 4) is 0 Å². The molecule has 0 aliphatic carbocycles. The first-order chi connectivity index (χ1) is 10.0. The summed E-state index contributed by atoms with van der Waals surface area (Å²) in [6.07, 6.45) is 0.706. The van der Waals surface area contributed by atoms with E-state index < -0.39 is 5.97 Å². The van der Waals surface area contributed by atoms with Crippen molar-refractivity contribution in [2.45, 2.75) is 31.4 Å². The van der Waals surface area contributed by atoms with Crippen LogP contribution in [0.15, 0.2) is 28.7 Å². The molecular weight excluding hydrogens is 338 g/mol. The summed E-state index contributed by atoms with van der Waals surface area (Å²) in [6.45, 7) is 0.456. The number of likely N-dealkylation sites (tertiary alicyclic amines) is 1. The molecule has 0 saturated carbocycles. The van der Waals surface area contributed by atoms with E-state index in [1.807, 2.05) is 24.3 Å². The first-order valence-corrected chi connectivity index (χ1v) is 7.58. The Labute approximate surface area is 132 Å². The molecule has 1 fully saturated rings. The number of benzene rings is 1. The van der Waals surface area contributed by atoms with E-state index in [-0.39, 0.29) is 30.9 Å². The van der Waals surface area contributed by atoms with Crippen LogP contribution in [0, 0.1) is 0 Å². The fourth-order valence-electron chi connectivity index (χ4n) is 2.65. The van der Waals surface area contributed by atoms with Crippen molar-refractivity contribution >= 4 is 27.8 Å². The normalized spacial score (nSPS) is 21.5. The van der Waals surface area contributed by atoms with Crippen LogP contribution in [0.3, 0.4) is 0 Å². The van der Waals surface area contributed by atoms with E-state index in [0.29, 0.717) is 13.0 Å². The zero-order valence-electron chi connectivity index (χ0n) is 11.8. The van der Waals surface area contributed by atoms with Gasteiger partial charge >= 0.3 is 5.97 Å². The lowest BCUT2D eigenvalue weighted by molar-refractivity contribution is -0.139. The molecule has 2 unspecified atom stereocenters. The van der Waals surface area contributed by atoms with Gasteiger partial charge in [-0.25, -0.2) is 0 Å². The minimum Gasteiger partial charge on any atom is -0.481 e. The first kappa shape index (κ1) is 16.0. The molecule has 2 rings (SSSR count). The smallest absolute Gasteiger partial charge is 0.305 e. The van der Waals surface area contributed by atoms with Crippen LogP contribution in [0.4, 0.5) is 0 Å². The summed E-state index contributed by atoms with van der Waals surface area (Å²) in [5, 5.41) is 8.98. The van der Waals surface area contributed by atoms with Crippen LogP contribution in [0.5, 0.6) is 0 Å². The highest BCUT2D eigenvalue weighted by atomic mass is 79.9. The Balaban J connectivity index is 2.08. The van der Waals surface area contributed by atoms with Gasteiger partial charge in [0.05, 0.1) is 18.9 Å². The number of nitrogens with zero attached hydrogens (tertiary/aromatic N) is 1. The zero-order chi connectivity index (χ0) is 15.4. The molecule has 114 valence electrons. The van der Waals surface area contributed by atoms with E-state index in [1.54, 1.807) is 12.0 Å². The minimum atomic E-state index is -0.893. The third kappa shape index (κ3) is 4.04. The molecule has 1 aliphatic heterocycles. The molecule has 1 saturated heterocycles. The maximum atomic E-state index is 12.5. The molecule has 1 aromatic carbocycles. The van der Waals surface area contributed by atoms with Crippen molar-refractivity contribution in [3.05, 3.63) is 34.3 Å². The predicted molar refractivity (Wildman–Crippen MR) is 81.0 cm³/mol. The molecule has 1 aromatic rings. The van der Waals surface area contributed by atoms with Crippen LogP contribution in [0.1, 0.15) is 18.4 Å². The van der Waals surface area contributed by atoms with E-state index in [1.165, 1.54) is 0 Å². The molecule has 0 spiro atoms. The Morgan fingerprint density at radius 3 is 2.76 bits per heavy atom. The Kier molecular flexibility index (Phi) is 5.36. The number of carboxylic acids is 1. The minimum absolute atomic E-state index is 0.0401. The number of hydrogen-bond acceptors (Lipinski definition) is 3. The van der Waals surface area contributed by atoms with Crippen LogP contribution in [0.2, 0.25) is 0 Å². The maximum Gasteiger partial charge on any atom is 0.305 e. The number of hydrogen-bond donors (Lipinski definition) is 1. The van der Waals surface area contributed by atoms with Crippen molar-refractivity contribution in [2.75, 3.05) is 13.7 Å². The largest absolute Gasteiger partial charge is 0.481 e.